The van der Waals surface area contributed by atoms with Crippen molar-refractivity contribution in [2.75, 3.05) is 39.8 Å². The van der Waals surface area contributed by atoms with Crippen LogP contribution in [0.5, 0.6) is 0 Å². The molecule has 0 radical (unpaired) electrons. The summed E-state index contributed by atoms with van der Waals surface area (Å²) in [6.07, 6.45) is 0. The minimum atomic E-state index is 0. The van der Waals surface area contributed by atoms with Gasteiger partial charge in [-0.2, -0.15) is 0 Å². The van der Waals surface area contributed by atoms with Gasteiger partial charge in [0.2, 0.25) is 5.91 Å². The topological polar surface area (TPSA) is 35.6 Å². The second-order valence-electron chi connectivity index (χ2n) is 5.08. The van der Waals surface area contributed by atoms with Crippen molar-refractivity contribution >= 4 is 41.5 Å². The maximum atomic E-state index is 12.1. The average Bonchev–Trinajstić information content (AvgIpc) is 2.38. The second-order valence-corrected chi connectivity index (χ2v) is 5.95. The summed E-state index contributed by atoms with van der Waals surface area (Å²) in [5.74, 6) is 0.169. The van der Waals surface area contributed by atoms with E-state index in [0.717, 1.165) is 31.7 Å². The van der Waals surface area contributed by atoms with Crippen LogP contribution in [0.3, 0.4) is 0 Å². The number of carbonyl (C=O) groups excluding carboxylic acids is 1. The van der Waals surface area contributed by atoms with Crippen LogP contribution in [0.15, 0.2) is 18.2 Å². The minimum absolute atomic E-state index is 0. The second kappa shape index (κ2) is 8.81. The van der Waals surface area contributed by atoms with E-state index in [1.54, 1.807) is 6.07 Å². The van der Waals surface area contributed by atoms with Crippen molar-refractivity contribution in [3.05, 3.63) is 33.8 Å². The van der Waals surface area contributed by atoms with Gasteiger partial charge >= 0.3 is 0 Å². The molecule has 1 N–H and O–H groups in total. The Morgan fingerprint density at radius 2 is 1.81 bits per heavy atom. The summed E-state index contributed by atoms with van der Waals surface area (Å²) in [6.45, 7) is 4.38. The zero-order valence-electron chi connectivity index (χ0n) is 11.9. The molecule has 1 aliphatic rings. The van der Waals surface area contributed by atoms with Crippen molar-refractivity contribution in [1.82, 2.24) is 15.1 Å². The fourth-order valence-electron chi connectivity index (χ4n) is 2.31. The smallest absolute Gasteiger partial charge is 0.236 e. The molecule has 0 aromatic heterocycles. The molecule has 1 aromatic carbocycles. The van der Waals surface area contributed by atoms with Gasteiger partial charge in [0, 0.05) is 42.8 Å². The molecule has 0 spiro atoms. The molecule has 1 saturated heterocycles. The van der Waals surface area contributed by atoms with E-state index in [-0.39, 0.29) is 18.3 Å². The van der Waals surface area contributed by atoms with Crippen molar-refractivity contribution in [1.29, 1.82) is 0 Å². The average molecular weight is 353 g/mol. The predicted molar refractivity (Wildman–Crippen MR) is 89.5 cm³/mol. The van der Waals surface area contributed by atoms with Gasteiger partial charge < -0.3 is 10.2 Å². The first-order chi connectivity index (χ1) is 9.54. The lowest BCUT2D eigenvalue weighted by molar-refractivity contribution is -0.132. The number of nitrogens with one attached hydrogen (secondary N) is 1. The van der Waals surface area contributed by atoms with Crippen LogP contribution in [-0.2, 0) is 11.3 Å². The maximum Gasteiger partial charge on any atom is 0.236 e. The SMILES string of the molecule is CN(CC(=O)N1CCNCC1)Cc1cc(Cl)cc(Cl)c1.Cl. The van der Waals surface area contributed by atoms with E-state index < -0.39 is 0 Å². The first kappa shape index (κ1) is 18.5. The van der Waals surface area contributed by atoms with Crippen molar-refractivity contribution in [2.24, 2.45) is 0 Å². The highest BCUT2D eigenvalue weighted by molar-refractivity contribution is 6.34. The number of rotatable bonds is 4. The molecule has 1 aliphatic heterocycles. The van der Waals surface area contributed by atoms with Gasteiger partial charge in [0.15, 0.2) is 0 Å². The molecule has 7 heteroatoms. The summed E-state index contributed by atoms with van der Waals surface area (Å²) < 4.78 is 0. The summed E-state index contributed by atoms with van der Waals surface area (Å²) in [5.41, 5.74) is 1.01. The van der Waals surface area contributed by atoms with Crippen LogP contribution in [-0.4, -0.2) is 55.5 Å². The molecule has 1 fully saturated rings. The molecular formula is C14H20Cl3N3O. The van der Waals surface area contributed by atoms with E-state index in [1.807, 2.05) is 29.0 Å². The molecule has 21 heavy (non-hydrogen) atoms. The normalized spacial score (nSPS) is 15.0. The largest absolute Gasteiger partial charge is 0.339 e. The zero-order valence-corrected chi connectivity index (χ0v) is 14.3. The Labute approximate surface area is 141 Å². The van der Waals surface area contributed by atoms with Crippen LogP contribution in [0, 0.1) is 0 Å². The third-order valence-corrected chi connectivity index (χ3v) is 3.69. The van der Waals surface area contributed by atoms with Crippen LogP contribution < -0.4 is 5.32 Å². The Morgan fingerprint density at radius 1 is 1.24 bits per heavy atom. The van der Waals surface area contributed by atoms with Gasteiger partial charge in [0.25, 0.3) is 0 Å². The molecule has 118 valence electrons. The number of likely N-dealkylation sites (N-methyl/N-ethyl adjacent to an activating group) is 1. The van der Waals surface area contributed by atoms with Crippen molar-refractivity contribution in [2.45, 2.75) is 6.54 Å². The number of halogens is 3. The highest BCUT2D eigenvalue weighted by Crippen LogP contribution is 2.19. The molecule has 0 atom stereocenters. The molecule has 1 aromatic rings. The van der Waals surface area contributed by atoms with Gasteiger partial charge in [-0.25, -0.2) is 0 Å². The van der Waals surface area contributed by atoms with Crippen molar-refractivity contribution < 1.29 is 4.79 Å². The van der Waals surface area contributed by atoms with E-state index in [2.05, 4.69) is 5.32 Å². The summed E-state index contributed by atoms with van der Waals surface area (Å²) >= 11 is 12.0. The molecule has 2 rings (SSSR count). The number of carbonyl (C=O) groups is 1. The molecular weight excluding hydrogens is 333 g/mol. The first-order valence-corrected chi connectivity index (χ1v) is 7.42. The standard InChI is InChI=1S/C14H19Cl2N3O.ClH/c1-18(9-11-6-12(15)8-13(16)7-11)10-14(20)19-4-2-17-3-5-19;/h6-8,17H,2-5,9-10H2,1H3;1H. The number of piperazine rings is 1. The number of hydrogen-bond donors (Lipinski definition) is 1. The van der Waals surface area contributed by atoms with E-state index >= 15 is 0 Å². The molecule has 0 unspecified atom stereocenters. The van der Waals surface area contributed by atoms with Gasteiger partial charge in [0.05, 0.1) is 6.54 Å². The quantitative estimate of drug-likeness (QED) is 0.903. The van der Waals surface area contributed by atoms with Crippen molar-refractivity contribution in [3.63, 3.8) is 0 Å². The van der Waals surface area contributed by atoms with Crippen molar-refractivity contribution in [3.8, 4) is 0 Å². The lowest BCUT2D eigenvalue weighted by Crippen LogP contribution is -2.49. The lowest BCUT2D eigenvalue weighted by Gasteiger charge is -2.29. The fraction of sp³-hybridized carbons (Fsp3) is 0.500. The maximum absolute atomic E-state index is 12.1. The number of hydrogen-bond acceptors (Lipinski definition) is 3. The van der Waals surface area contributed by atoms with Crippen LogP contribution >= 0.6 is 35.6 Å². The summed E-state index contributed by atoms with van der Waals surface area (Å²) in [7, 11) is 1.93. The number of amides is 1. The van der Waals surface area contributed by atoms with E-state index in [1.165, 1.54) is 0 Å². The van der Waals surface area contributed by atoms with E-state index in [0.29, 0.717) is 23.1 Å². The highest BCUT2D eigenvalue weighted by Gasteiger charge is 2.17. The fourth-order valence-corrected chi connectivity index (χ4v) is 2.89. The summed E-state index contributed by atoms with van der Waals surface area (Å²) in [6, 6.07) is 5.46. The highest BCUT2D eigenvalue weighted by atomic mass is 35.5. The molecule has 0 saturated carbocycles. The summed E-state index contributed by atoms with van der Waals surface area (Å²) in [4.78, 5) is 16.0. The third-order valence-electron chi connectivity index (χ3n) is 3.25. The van der Waals surface area contributed by atoms with Crippen LogP contribution in [0.4, 0.5) is 0 Å². The molecule has 4 nitrogen and oxygen atoms in total. The Bertz CT molecular complexity index is 458. The Hall–Kier alpha value is -0.520. The Balaban J connectivity index is 0.00000220. The Kier molecular flexibility index (Phi) is 7.77. The lowest BCUT2D eigenvalue weighted by atomic mass is 10.2. The zero-order chi connectivity index (χ0) is 14.5. The van der Waals surface area contributed by atoms with Gasteiger partial charge in [-0.3, -0.25) is 9.69 Å². The first-order valence-electron chi connectivity index (χ1n) is 6.66. The minimum Gasteiger partial charge on any atom is -0.339 e. The molecule has 1 amide bonds. The van der Waals surface area contributed by atoms with Crippen LogP contribution in [0.1, 0.15) is 5.56 Å². The third kappa shape index (κ3) is 6.01. The Morgan fingerprint density at radius 3 is 2.38 bits per heavy atom. The van der Waals surface area contributed by atoms with E-state index in [4.69, 9.17) is 23.2 Å². The van der Waals surface area contributed by atoms with Crippen LogP contribution in [0.2, 0.25) is 10.0 Å². The van der Waals surface area contributed by atoms with Crippen LogP contribution in [0.25, 0.3) is 0 Å². The van der Waals surface area contributed by atoms with E-state index in [9.17, 15) is 4.79 Å². The molecule has 0 aliphatic carbocycles. The van der Waals surface area contributed by atoms with Gasteiger partial charge in [-0.15, -0.1) is 12.4 Å². The molecule has 0 bridgehead atoms. The molecule has 1 heterocycles. The van der Waals surface area contributed by atoms with Gasteiger partial charge in [-0.1, -0.05) is 23.2 Å². The van der Waals surface area contributed by atoms with Gasteiger partial charge in [-0.05, 0) is 30.8 Å². The monoisotopic (exact) mass is 351 g/mol. The predicted octanol–water partition coefficient (Wildman–Crippen LogP) is 2.28. The number of nitrogens with zero attached hydrogens (tertiary/aromatic N) is 2. The summed E-state index contributed by atoms with van der Waals surface area (Å²) in [5, 5.41) is 4.48. The van der Waals surface area contributed by atoms with Gasteiger partial charge in [0.1, 0.15) is 0 Å². The number of benzene rings is 1.